The van der Waals surface area contributed by atoms with Gasteiger partial charge in [-0.1, -0.05) is 12.1 Å². The van der Waals surface area contributed by atoms with E-state index in [-0.39, 0.29) is 5.75 Å². The molecule has 0 saturated heterocycles. The Hall–Kier alpha value is -2.93. The third kappa shape index (κ3) is 3.29. The maximum absolute atomic E-state index is 9.49. The van der Waals surface area contributed by atoms with Crippen LogP contribution in [0.5, 0.6) is 11.5 Å². The first-order valence-electron chi connectivity index (χ1n) is 6.82. The lowest BCUT2D eigenvalue weighted by molar-refractivity contribution is 0.415. The lowest BCUT2D eigenvalue weighted by atomic mass is 10.2. The fourth-order valence-corrected chi connectivity index (χ4v) is 2.23. The van der Waals surface area contributed by atoms with Gasteiger partial charge in [-0.15, -0.1) is 0 Å². The van der Waals surface area contributed by atoms with Crippen LogP contribution in [0, 0.1) is 4.77 Å². The van der Waals surface area contributed by atoms with Crippen LogP contribution in [-0.2, 0) is 0 Å². The van der Waals surface area contributed by atoms with Crippen molar-refractivity contribution in [2.75, 3.05) is 7.11 Å². The number of aromatic nitrogens is 3. The van der Waals surface area contributed by atoms with Crippen molar-refractivity contribution in [3.8, 4) is 22.9 Å². The van der Waals surface area contributed by atoms with Gasteiger partial charge in [-0.05, 0) is 54.2 Å². The summed E-state index contributed by atoms with van der Waals surface area (Å²) in [6.07, 6.45) is 1.61. The minimum atomic E-state index is 0.181. The Morgan fingerprint density at radius 3 is 2.74 bits per heavy atom. The number of ether oxygens (including phenoxy) is 1. The minimum absolute atomic E-state index is 0.181. The molecule has 3 rings (SSSR count). The van der Waals surface area contributed by atoms with E-state index in [2.05, 4.69) is 15.3 Å². The molecule has 0 aliphatic heterocycles. The largest absolute Gasteiger partial charge is 0.508 e. The number of H-pyrrole nitrogens is 1. The number of nitrogens with one attached hydrogen (secondary N) is 1. The second-order valence-electron chi connectivity index (χ2n) is 4.73. The van der Waals surface area contributed by atoms with Crippen LogP contribution in [0.15, 0.2) is 53.6 Å². The minimum Gasteiger partial charge on any atom is -0.508 e. The van der Waals surface area contributed by atoms with Crippen molar-refractivity contribution in [2.24, 2.45) is 5.10 Å². The molecule has 0 radical (unpaired) electrons. The van der Waals surface area contributed by atoms with Crippen LogP contribution in [-0.4, -0.2) is 33.3 Å². The Kier molecular flexibility index (Phi) is 4.20. The van der Waals surface area contributed by atoms with Crippen LogP contribution >= 0.6 is 12.2 Å². The molecule has 0 aliphatic rings. The average Bonchev–Trinajstić information content (AvgIpc) is 2.94. The Bertz CT molecular complexity index is 897. The first-order valence-corrected chi connectivity index (χ1v) is 7.23. The van der Waals surface area contributed by atoms with Gasteiger partial charge in [-0.3, -0.25) is 0 Å². The van der Waals surface area contributed by atoms with Crippen LogP contribution < -0.4 is 4.74 Å². The lowest BCUT2D eigenvalue weighted by Crippen LogP contribution is -1.95. The van der Waals surface area contributed by atoms with Crippen molar-refractivity contribution in [2.45, 2.75) is 0 Å². The Morgan fingerprint density at radius 1 is 1.26 bits per heavy atom. The van der Waals surface area contributed by atoms with Crippen molar-refractivity contribution in [1.82, 2.24) is 14.9 Å². The summed E-state index contributed by atoms with van der Waals surface area (Å²) in [6, 6.07) is 14.2. The molecule has 2 aromatic carbocycles. The van der Waals surface area contributed by atoms with E-state index in [9.17, 15) is 5.11 Å². The van der Waals surface area contributed by atoms with E-state index in [0.717, 1.165) is 16.9 Å². The molecule has 6 nitrogen and oxygen atoms in total. The zero-order valence-corrected chi connectivity index (χ0v) is 13.1. The first-order chi connectivity index (χ1) is 11.2. The van der Waals surface area contributed by atoms with Crippen LogP contribution in [0.25, 0.3) is 11.4 Å². The van der Waals surface area contributed by atoms with Crippen molar-refractivity contribution in [3.63, 3.8) is 0 Å². The van der Waals surface area contributed by atoms with E-state index >= 15 is 0 Å². The van der Waals surface area contributed by atoms with Gasteiger partial charge in [0.05, 0.1) is 13.3 Å². The first kappa shape index (κ1) is 15.0. The fraction of sp³-hybridized carbons (Fsp3) is 0.0625. The molecular weight excluding hydrogens is 312 g/mol. The average molecular weight is 326 g/mol. The van der Waals surface area contributed by atoms with Crippen LogP contribution in [0.3, 0.4) is 0 Å². The Balaban J connectivity index is 1.96. The monoisotopic (exact) mass is 326 g/mol. The Morgan fingerprint density at radius 2 is 2.04 bits per heavy atom. The number of aromatic hydroxyl groups is 1. The molecule has 3 aromatic rings. The summed E-state index contributed by atoms with van der Waals surface area (Å²) in [4.78, 5) is 0. The third-order valence-corrected chi connectivity index (χ3v) is 3.46. The number of methoxy groups -OCH3 is 1. The van der Waals surface area contributed by atoms with Gasteiger partial charge in [-0.25, -0.2) is 5.10 Å². The molecule has 0 spiro atoms. The molecular formula is C16H14N4O2S. The summed E-state index contributed by atoms with van der Waals surface area (Å²) in [6.45, 7) is 0. The molecule has 116 valence electrons. The molecule has 2 N–H and O–H groups in total. The molecule has 0 aliphatic carbocycles. The van der Waals surface area contributed by atoms with E-state index in [1.165, 1.54) is 4.68 Å². The highest BCUT2D eigenvalue weighted by Crippen LogP contribution is 2.20. The number of phenolic OH excluding ortho intramolecular Hbond substituents is 1. The summed E-state index contributed by atoms with van der Waals surface area (Å²) in [5.74, 6) is 1.53. The highest BCUT2D eigenvalue weighted by Gasteiger charge is 2.08. The summed E-state index contributed by atoms with van der Waals surface area (Å²) >= 11 is 5.22. The number of benzene rings is 2. The van der Waals surface area contributed by atoms with E-state index < -0.39 is 0 Å². The molecule has 0 bridgehead atoms. The van der Waals surface area contributed by atoms with E-state index in [0.29, 0.717) is 10.6 Å². The number of hydrogen-bond acceptors (Lipinski definition) is 5. The molecule has 0 fully saturated rings. The second-order valence-corrected chi connectivity index (χ2v) is 5.12. The zero-order valence-electron chi connectivity index (χ0n) is 12.3. The zero-order chi connectivity index (χ0) is 16.2. The van der Waals surface area contributed by atoms with E-state index in [1.54, 1.807) is 31.5 Å². The summed E-state index contributed by atoms with van der Waals surface area (Å²) < 4.78 is 7.06. The number of nitrogens with zero attached hydrogens (tertiary/aromatic N) is 3. The van der Waals surface area contributed by atoms with Gasteiger partial charge in [0.15, 0.2) is 5.82 Å². The molecule has 0 unspecified atom stereocenters. The topological polar surface area (TPSA) is 75.4 Å². The summed E-state index contributed by atoms with van der Waals surface area (Å²) in [5.41, 5.74) is 1.61. The summed E-state index contributed by atoms with van der Waals surface area (Å²) in [5, 5.41) is 20.8. The maximum Gasteiger partial charge on any atom is 0.216 e. The van der Waals surface area contributed by atoms with Crippen molar-refractivity contribution >= 4 is 18.4 Å². The predicted molar refractivity (Wildman–Crippen MR) is 90.5 cm³/mol. The second kappa shape index (κ2) is 6.45. The molecule has 0 atom stereocenters. The van der Waals surface area contributed by atoms with Crippen LogP contribution in [0.2, 0.25) is 0 Å². The van der Waals surface area contributed by atoms with Gasteiger partial charge < -0.3 is 9.84 Å². The molecule has 0 amide bonds. The van der Waals surface area contributed by atoms with Crippen LogP contribution in [0.1, 0.15) is 5.56 Å². The van der Waals surface area contributed by atoms with Gasteiger partial charge in [0.25, 0.3) is 0 Å². The van der Waals surface area contributed by atoms with Crippen molar-refractivity contribution < 1.29 is 9.84 Å². The Labute approximate surface area is 137 Å². The van der Waals surface area contributed by atoms with E-state index in [4.69, 9.17) is 17.0 Å². The summed E-state index contributed by atoms with van der Waals surface area (Å²) in [7, 11) is 1.62. The van der Waals surface area contributed by atoms with Gasteiger partial charge in [0.1, 0.15) is 11.5 Å². The predicted octanol–water partition coefficient (Wildman–Crippen LogP) is 3.20. The molecule has 0 saturated carbocycles. The quantitative estimate of drug-likeness (QED) is 0.570. The van der Waals surface area contributed by atoms with E-state index in [1.807, 2.05) is 30.3 Å². The highest BCUT2D eigenvalue weighted by atomic mass is 32.1. The van der Waals surface area contributed by atoms with Gasteiger partial charge >= 0.3 is 0 Å². The number of rotatable bonds is 4. The van der Waals surface area contributed by atoms with Crippen molar-refractivity contribution in [3.05, 3.63) is 58.9 Å². The molecule has 1 aromatic heterocycles. The third-order valence-electron chi connectivity index (χ3n) is 3.19. The van der Waals surface area contributed by atoms with Gasteiger partial charge in [0, 0.05) is 5.56 Å². The molecule has 1 heterocycles. The lowest BCUT2D eigenvalue weighted by Gasteiger charge is -2.03. The van der Waals surface area contributed by atoms with Crippen LogP contribution in [0.4, 0.5) is 0 Å². The smallest absolute Gasteiger partial charge is 0.216 e. The maximum atomic E-state index is 9.49. The standard InChI is InChI=1S/C16H14N4O2S/c1-22-14-7-5-12(6-8-14)15-18-19-16(23)20(15)17-10-11-3-2-4-13(21)9-11/h2-10,21H,1H3,(H,19,23)/b17-10-. The van der Waals surface area contributed by atoms with Crippen molar-refractivity contribution in [1.29, 1.82) is 0 Å². The highest BCUT2D eigenvalue weighted by molar-refractivity contribution is 7.71. The molecule has 7 heteroatoms. The van der Waals surface area contributed by atoms with Gasteiger partial charge in [-0.2, -0.15) is 14.9 Å². The molecule has 23 heavy (non-hydrogen) atoms. The number of phenols is 1. The number of hydrogen-bond donors (Lipinski definition) is 2. The fourth-order valence-electron chi connectivity index (χ4n) is 2.06. The van der Waals surface area contributed by atoms with Gasteiger partial charge in [0.2, 0.25) is 4.77 Å². The SMILES string of the molecule is COc1ccc(-c2n[nH]c(=S)n2/N=C\c2cccc(O)c2)cc1. The number of aromatic amines is 1. The normalized spacial score (nSPS) is 11.0.